The first-order valence-electron chi connectivity index (χ1n) is 13.3. The van der Waals surface area contributed by atoms with E-state index in [4.69, 9.17) is 9.47 Å². The zero-order valence-electron chi connectivity index (χ0n) is 22.1. The molecule has 0 radical (unpaired) electrons. The summed E-state index contributed by atoms with van der Waals surface area (Å²) in [4.78, 5) is 23.9. The number of carbonyl (C=O) groups excluding carboxylic acids is 1. The molecule has 3 aromatic carbocycles. The monoisotopic (exact) mass is 579 g/mol. The van der Waals surface area contributed by atoms with Gasteiger partial charge in [-0.05, 0) is 36.8 Å². The highest BCUT2D eigenvalue weighted by atomic mass is 32.3. The molecule has 4 aromatic rings. The van der Waals surface area contributed by atoms with Gasteiger partial charge in [0, 0.05) is 64.9 Å². The van der Waals surface area contributed by atoms with Crippen LogP contribution < -0.4 is 20.3 Å². The van der Waals surface area contributed by atoms with E-state index in [0.29, 0.717) is 67.4 Å². The quantitative estimate of drug-likeness (QED) is 0.222. The van der Waals surface area contributed by atoms with E-state index in [-0.39, 0.29) is 17.4 Å². The van der Waals surface area contributed by atoms with E-state index in [1.54, 1.807) is 30.5 Å². The molecular formula is C29H30FN5O5S. The van der Waals surface area contributed by atoms with Gasteiger partial charge >= 0.3 is 0 Å². The average Bonchev–Trinajstić information content (AvgIpc) is 3.32. The van der Waals surface area contributed by atoms with Crippen LogP contribution in [0.2, 0.25) is 0 Å². The van der Waals surface area contributed by atoms with Crippen LogP contribution in [0.3, 0.4) is 0 Å². The van der Waals surface area contributed by atoms with Crippen molar-refractivity contribution in [2.75, 3.05) is 53.3 Å². The number of carbonyl (C=O) groups is 1. The Labute approximate surface area is 237 Å². The first kappa shape index (κ1) is 27.2. The Morgan fingerprint density at radius 2 is 1.88 bits per heavy atom. The van der Waals surface area contributed by atoms with Gasteiger partial charge in [-0.3, -0.25) is 13.9 Å². The van der Waals surface area contributed by atoms with Gasteiger partial charge in [-0.25, -0.2) is 9.37 Å². The van der Waals surface area contributed by atoms with Crippen LogP contribution in [0.1, 0.15) is 16.8 Å². The molecule has 0 bridgehead atoms. The van der Waals surface area contributed by atoms with Crippen LogP contribution in [0.5, 0.6) is 11.6 Å². The average molecular weight is 580 g/mol. The predicted molar refractivity (Wildman–Crippen MR) is 158 cm³/mol. The van der Waals surface area contributed by atoms with E-state index in [2.05, 4.69) is 20.6 Å². The van der Waals surface area contributed by atoms with Crippen LogP contribution in [-0.4, -0.2) is 68.8 Å². The van der Waals surface area contributed by atoms with E-state index in [9.17, 15) is 18.3 Å². The van der Waals surface area contributed by atoms with E-state index in [0.717, 1.165) is 10.8 Å². The normalized spacial score (nSPS) is 19.1. The van der Waals surface area contributed by atoms with Crippen molar-refractivity contribution in [3.05, 3.63) is 78.2 Å². The molecule has 41 heavy (non-hydrogen) atoms. The predicted octanol–water partition coefficient (Wildman–Crippen LogP) is 5.58. The Balaban J connectivity index is 1.21. The van der Waals surface area contributed by atoms with Crippen LogP contribution in [0, 0.1) is 5.82 Å². The number of morpholine rings is 1. The van der Waals surface area contributed by atoms with Gasteiger partial charge in [-0.2, -0.15) is 15.6 Å². The van der Waals surface area contributed by atoms with Crippen LogP contribution in [0.15, 0.2) is 66.9 Å². The van der Waals surface area contributed by atoms with Gasteiger partial charge in [-0.15, -0.1) is 0 Å². The molecule has 1 amide bonds. The second kappa shape index (κ2) is 11.5. The lowest BCUT2D eigenvalue weighted by atomic mass is 10.1. The lowest BCUT2D eigenvalue weighted by Gasteiger charge is -2.29. The standard InChI is InChI=1S/C29H30FN5O5S/c30-20-15-19(16-22(17-20)35-10-12-39-13-11-35)28(36)33-25-5-6-26(24-4-2-1-3-23(24)25)40-27-7-9-31-29(34-27)32-21-8-14-41(37,38)18-21/h1-7,9,15-17,21,37-38H,8,10-14,18H2,(H,33,36)(H,31,32,34). The number of ether oxygens (including phenoxy) is 2. The van der Waals surface area contributed by atoms with Gasteiger partial charge in [0.15, 0.2) is 0 Å². The van der Waals surface area contributed by atoms with Crippen molar-refractivity contribution in [3.63, 3.8) is 0 Å². The van der Waals surface area contributed by atoms with Crippen molar-refractivity contribution in [1.82, 2.24) is 9.97 Å². The number of nitrogens with zero attached hydrogens (tertiary/aromatic N) is 3. The highest BCUT2D eigenvalue weighted by molar-refractivity contribution is 8.24. The summed E-state index contributed by atoms with van der Waals surface area (Å²) in [6, 6.07) is 16.8. The molecule has 10 nitrogen and oxygen atoms in total. The third-order valence-corrected chi connectivity index (χ3v) is 8.92. The molecule has 0 saturated carbocycles. The summed E-state index contributed by atoms with van der Waals surface area (Å²) >= 11 is 0. The van der Waals surface area contributed by atoms with Crippen molar-refractivity contribution in [3.8, 4) is 11.6 Å². The fourth-order valence-corrected chi connectivity index (χ4v) is 6.79. The van der Waals surface area contributed by atoms with Crippen LogP contribution in [0.25, 0.3) is 10.8 Å². The Hall–Kier alpha value is -3.97. The summed E-state index contributed by atoms with van der Waals surface area (Å²) in [6.07, 6.45) is 2.19. The molecule has 2 saturated heterocycles. The van der Waals surface area contributed by atoms with E-state index < -0.39 is 22.3 Å². The molecule has 0 aliphatic carbocycles. The number of fused-ring (bicyclic) bond motifs is 1. The Morgan fingerprint density at radius 3 is 2.66 bits per heavy atom. The number of hydrogen-bond acceptors (Lipinski definition) is 9. The first-order valence-corrected chi connectivity index (χ1v) is 15.2. The van der Waals surface area contributed by atoms with Gasteiger partial charge in [-0.1, -0.05) is 24.3 Å². The second-order valence-electron chi connectivity index (χ2n) is 10.0. The zero-order chi connectivity index (χ0) is 28.4. The van der Waals surface area contributed by atoms with Gasteiger partial charge in [0.05, 0.1) is 19.0 Å². The largest absolute Gasteiger partial charge is 0.438 e. The lowest BCUT2D eigenvalue weighted by molar-refractivity contribution is 0.102. The van der Waals surface area contributed by atoms with Gasteiger partial charge in [0.25, 0.3) is 5.91 Å². The maximum atomic E-state index is 14.5. The second-order valence-corrected chi connectivity index (χ2v) is 12.4. The molecule has 4 N–H and O–H groups in total. The molecule has 3 heterocycles. The maximum Gasteiger partial charge on any atom is 0.255 e. The van der Waals surface area contributed by atoms with E-state index in [1.807, 2.05) is 29.2 Å². The minimum Gasteiger partial charge on any atom is -0.438 e. The topological polar surface area (TPSA) is 129 Å². The first-order chi connectivity index (χ1) is 19.8. The summed E-state index contributed by atoms with van der Waals surface area (Å²) in [5.41, 5.74) is 1.42. The number of hydrogen-bond donors (Lipinski definition) is 4. The maximum absolute atomic E-state index is 14.5. The minimum atomic E-state index is -2.54. The molecule has 1 atom stereocenters. The molecule has 214 valence electrons. The fourth-order valence-electron chi connectivity index (χ4n) is 5.07. The highest BCUT2D eigenvalue weighted by Gasteiger charge is 2.28. The summed E-state index contributed by atoms with van der Waals surface area (Å²) in [6.45, 7) is 2.38. The number of aromatic nitrogens is 2. The van der Waals surface area contributed by atoms with E-state index >= 15 is 0 Å². The van der Waals surface area contributed by atoms with Gasteiger partial charge in [0.1, 0.15) is 11.6 Å². The fraction of sp³-hybridized carbons (Fsp3) is 0.276. The lowest BCUT2D eigenvalue weighted by Crippen LogP contribution is -2.36. The molecule has 1 aromatic heterocycles. The summed E-state index contributed by atoms with van der Waals surface area (Å²) < 4.78 is 45.8. The zero-order valence-corrected chi connectivity index (χ0v) is 22.9. The smallest absolute Gasteiger partial charge is 0.255 e. The molecule has 2 aliphatic rings. The summed E-state index contributed by atoms with van der Waals surface area (Å²) in [7, 11) is -2.54. The third-order valence-electron chi connectivity index (χ3n) is 7.09. The summed E-state index contributed by atoms with van der Waals surface area (Å²) in [5, 5.41) is 7.57. The van der Waals surface area contributed by atoms with Crippen molar-refractivity contribution >= 4 is 44.6 Å². The van der Waals surface area contributed by atoms with Gasteiger partial charge < -0.3 is 25.0 Å². The molecular weight excluding hydrogens is 549 g/mol. The van der Waals surface area contributed by atoms with Crippen molar-refractivity contribution in [2.45, 2.75) is 12.5 Å². The Kier molecular flexibility index (Phi) is 7.63. The SMILES string of the molecule is O=C(Nc1ccc(Oc2ccnc(NC3CCS(O)(O)C3)n2)c2ccccc12)c1cc(F)cc(N2CCOCC2)c1. The number of benzene rings is 3. The molecule has 12 heteroatoms. The van der Waals surface area contributed by atoms with Gasteiger partial charge in [0.2, 0.25) is 11.8 Å². The third kappa shape index (κ3) is 6.35. The van der Waals surface area contributed by atoms with Crippen molar-refractivity contribution in [2.24, 2.45) is 0 Å². The van der Waals surface area contributed by atoms with Crippen LogP contribution in [-0.2, 0) is 4.74 Å². The minimum absolute atomic E-state index is 0.123. The van der Waals surface area contributed by atoms with Crippen molar-refractivity contribution in [1.29, 1.82) is 0 Å². The molecule has 2 aliphatic heterocycles. The van der Waals surface area contributed by atoms with E-state index in [1.165, 1.54) is 12.1 Å². The Morgan fingerprint density at radius 1 is 1.07 bits per heavy atom. The summed E-state index contributed by atoms with van der Waals surface area (Å²) in [5.74, 6) is 0.904. The van der Waals surface area contributed by atoms with Crippen LogP contribution in [0.4, 0.5) is 21.7 Å². The molecule has 2 fully saturated rings. The molecule has 1 unspecified atom stereocenters. The molecule has 6 rings (SSSR count). The molecule has 0 spiro atoms. The number of halogens is 1. The number of rotatable bonds is 7. The highest BCUT2D eigenvalue weighted by Crippen LogP contribution is 2.46. The number of anilines is 3. The number of amides is 1. The Bertz CT molecular complexity index is 1580. The number of nitrogens with one attached hydrogen (secondary N) is 2. The van der Waals surface area contributed by atoms with Crippen LogP contribution >= 0.6 is 10.6 Å². The van der Waals surface area contributed by atoms with Crippen molar-refractivity contribution < 1.29 is 27.8 Å².